The Kier molecular flexibility index (Phi) is 6.57. The van der Waals surface area contributed by atoms with Crippen LogP contribution in [0.3, 0.4) is 0 Å². The van der Waals surface area contributed by atoms with Gasteiger partial charge in [0.25, 0.3) is 5.91 Å². The fourth-order valence-electron chi connectivity index (χ4n) is 4.36. The minimum atomic E-state index is -3.55. The van der Waals surface area contributed by atoms with E-state index in [1.807, 2.05) is 24.0 Å². The first-order chi connectivity index (χ1) is 14.9. The van der Waals surface area contributed by atoms with Gasteiger partial charge in [-0.3, -0.25) is 4.79 Å². The topological polar surface area (TPSA) is 82.6 Å². The van der Waals surface area contributed by atoms with E-state index in [0.29, 0.717) is 25.2 Å². The Bertz CT molecular complexity index is 1020. The number of hydrogen-bond donors (Lipinski definition) is 1. The van der Waals surface area contributed by atoms with Gasteiger partial charge in [-0.05, 0) is 62.8 Å². The average Bonchev–Trinajstić information content (AvgIpc) is 3.33. The maximum absolute atomic E-state index is 13.3. The van der Waals surface area contributed by atoms with Crippen LogP contribution >= 0.6 is 0 Å². The molecule has 8 heteroatoms. The second-order valence-corrected chi connectivity index (χ2v) is 10.3. The summed E-state index contributed by atoms with van der Waals surface area (Å²) in [5.74, 6) is 0.845. The van der Waals surface area contributed by atoms with E-state index in [1.165, 1.54) is 0 Å². The van der Waals surface area contributed by atoms with Crippen molar-refractivity contribution in [2.24, 2.45) is 5.92 Å². The molecule has 2 fully saturated rings. The summed E-state index contributed by atoms with van der Waals surface area (Å²) in [6, 6.07) is 10.5. The monoisotopic (exact) mass is 442 g/mol. The molecule has 7 nitrogen and oxygen atoms in total. The SMILES string of the molecule is Cc1ccc(S(=O)(=O)NCC2CCCN(C(=O)c3cccnc3N3CCCC3)C2)cc1. The standard InChI is InChI=1S/C23H30N4O3S/c1-18-8-10-20(11-9-18)31(29,30)25-16-19-6-5-15-27(17-19)23(28)21-7-4-12-24-22(21)26-13-2-3-14-26/h4,7-12,19,25H,2-3,5-6,13-17H2,1H3. The van der Waals surface area contributed by atoms with Gasteiger partial charge in [0.2, 0.25) is 10.0 Å². The third kappa shape index (κ3) is 5.07. The molecule has 4 rings (SSSR count). The van der Waals surface area contributed by atoms with Gasteiger partial charge >= 0.3 is 0 Å². The molecular weight excluding hydrogens is 412 g/mol. The number of aromatic nitrogens is 1. The molecule has 2 saturated heterocycles. The zero-order valence-electron chi connectivity index (χ0n) is 18.0. The normalized spacial score (nSPS) is 19.6. The van der Waals surface area contributed by atoms with Crippen LogP contribution < -0.4 is 9.62 Å². The molecule has 1 atom stereocenters. The van der Waals surface area contributed by atoms with E-state index in [4.69, 9.17) is 0 Å². The second kappa shape index (κ2) is 9.36. The number of amides is 1. The maximum Gasteiger partial charge on any atom is 0.257 e. The molecule has 1 aromatic heterocycles. The largest absolute Gasteiger partial charge is 0.356 e. The third-order valence-corrected chi connectivity index (χ3v) is 7.56. The predicted molar refractivity (Wildman–Crippen MR) is 121 cm³/mol. The Morgan fingerprint density at radius 2 is 1.84 bits per heavy atom. The van der Waals surface area contributed by atoms with E-state index >= 15 is 0 Å². The molecule has 3 heterocycles. The zero-order chi connectivity index (χ0) is 21.8. The quantitative estimate of drug-likeness (QED) is 0.744. The predicted octanol–water partition coefficient (Wildman–Crippen LogP) is 2.82. The summed E-state index contributed by atoms with van der Waals surface area (Å²) in [6.45, 7) is 5.35. The first-order valence-electron chi connectivity index (χ1n) is 11.0. The van der Waals surface area contributed by atoms with Crippen molar-refractivity contribution >= 4 is 21.7 Å². The first kappa shape index (κ1) is 21.8. The van der Waals surface area contributed by atoms with Crippen molar-refractivity contribution in [1.29, 1.82) is 0 Å². The van der Waals surface area contributed by atoms with E-state index < -0.39 is 10.0 Å². The van der Waals surface area contributed by atoms with E-state index in [9.17, 15) is 13.2 Å². The lowest BCUT2D eigenvalue weighted by molar-refractivity contribution is 0.0676. The van der Waals surface area contributed by atoms with Crippen LogP contribution in [-0.4, -0.2) is 56.9 Å². The fourth-order valence-corrected chi connectivity index (χ4v) is 5.48. The van der Waals surface area contributed by atoms with E-state index in [0.717, 1.165) is 50.2 Å². The molecule has 1 N–H and O–H groups in total. The molecule has 0 aliphatic carbocycles. The van der Waals surface area contributed by atoms with Gasteiger partial charge in [0.15, 0.2) is 0 Å². The molecule has 1 unspecified atom stereocenters. The number of sulfonamides is 1. The number of nitrogens with zero attached hydrogens (tertiary/aromatic N) is 3. The fraction of sp³-hybridized carbons (Fsp3) is 0.478. The van der Waals surface area contributed by atoms with Crippen molar-refractivity contribution in [2.75, 3.05) is 37.6 Å². The number of rotatable bonds is 6. The second-order valence-electron chi connectivity index (χ2n) is 8.49. The highest BCUT2D eigenvalue weighted by Crippen LogP contribution is 2.25. The first-order valence-corrected chi connectivity index (χ1v) is 12.5. The molecule has 31 heavy (non-hydrogen) atoms. The van der Waals surface area contributed by atoms with Crippen molar-refractivity contribution in [3.63, 3.8) is 0 Å². The van der Waals surface area contributed by atoms with Crippen molar-refractivity contribution < 1.29 is 13.2 Å². The smallest absolute Gasteiger partial charge is 0.257 e. The Balaban J connectivity index is 1.41. The van der Waals surface area contributed by atoms with E-state index in [-0.39, 0.29) is 16.7 Å². The summed E-state index contributed by atoms with van der Waals surface area (Å²) in [4.78, 5) is 22.1. The lowest BCUT2D eigenvalue weighted by atomic mass is 9.97. The molecule has 2 aliphatic rings. The molecule has 0 spiro atoms. The highest BCUT2D eigenvalue weighted by molar-refractivity contribution is 7.89. The van der Waals surface area contributed by atoms with Gasteiger partial charge in [-0.2, -0.15) is 0 Å². The molecule has 1 amide bonds. The van der Waals surface area contributed by atoms with Crippen LogP contribution in [0.5, 0.6) is 0 Å². The van der Waals surface area contributed by atoms with Crippen LogP contribution in [0, 0.1) is 12.8 Å². The Morgan fingerprint density at radius 1 is 1.10 bits per heavy atom. The summed E-state index contributed by atoms with van der Waals surface area (Å²) < 4.78 is 28.0. The van der Waals surface area contributed by atoms with Gasteiger partial charge < -0.3 is 9.80 Å². The van der Waals surface area contributed by atoms with Gasteiger partial charge in [-0.25, -0.2) is 18.1 Å². The number of carbonyl (C=O) groups is 1. The minimum Gasteiger partial charge on any atom is -0.356 e. The highest BCUT2D eigenvalue weighted by atomic mass is 32.2. The number of hydrogen-bond acceptors (Lipinski definition) is 5. The van der Waals surface area contributed by atoms with Crippen LogP contribution in [0.15, 0.2) is 47.5 Å². The van der Waals surface area contributed by atoms with Gasteiger partial charge in [-0.1, -0.05) is 17.7 Å². The summed E-state index contributed by atoms with van der Waals surface area (Å²) in [7, 11) is -3.55. The van der Waals surface area contributed by atoms with E-state index in [1.54, 1.807) is 30.5 Å². The average molecular weight is 443 g/mol. The lowest BCUT2D eigenvalue weighted by Gasteiger charge is -2.33. The molecule has 0 bridgehead atoms. The number of benzene rings is 1. The minimum absolute atomic E-state index is 0.0129. The Labute approximate surface area is 184 Å². The van der Waals surface area contributed by atoms with Gasteiger partial charge in [0.1, 0.15) is 5.82 Å². The van der Waals surface area contributed by atoms with Gasteiger partial charge in [0, 0.05) is 38.9 Å². The van der Waals surface area contributed by atoms with Crippen molar-refractivity contribution in [1.82, 2.24) is 14.6 Å². The Hall–Kier alpha value is -2.45. The molecular formula is C23H30N4O3S. The van der Waals surface area contributed by atoms with E-state index in [2.05, 4.69) is 14.6 Å². The molecule has 2 aliphatic heterocycles. The van der Waals surface area contributed by atoms with Crippen LogP contribution in [0.25, 0.3) is 0 Å². The van der Waals surface area contributed by atoms with Gasteiger partial charge in [0.05, 0.1) is 10.5 Å². The number of aryl methyl sites for hydroxylation is 1. The number of anilines is 1. The Morgan fingerprint density at radius 3 is 2.58 bits per heavy atom. The third-order valence-electron chi connectivity index (χ3n) is 6.12. The molecule has 0 radical (unpaired) electrons. The summed E-state index contributed by atoms with van der Waals surface area (Å²) in [6.07, 6.45) is 5.74. The molecule has 166 valence electrons. The number of carbonyl (C=O) groups excluding carboxylic acids is 1. The maximum atomic E-state index is 13.3. The summed E-state index contributed by atoms with van der Waals surface area (Å²) in [5, 5.41) is 0. The lowest BCUT2D eigenvalue weighted by Crippen LogP contribution is -2.44. The van der Waals surface area contributed by atoms with Crippen molar-refractivity contribution in [3.05, 3.63) is 53.7 Å². The van der Waals surface area contributed by atoms with Crippen molar-refractivity contribution in [2.45, 2.75) is 37.5 Å². The van der Waals surface area contributed by atoms with Gasteiger partial charge in [-0.15, -0.1) is 0 Å². The summed E-state index contributed by atoms with van der Waals surface area (Å²) in [5.41, 5.74) is 1.66. The number of pyridine rings is 1. The van der Waals surface area contributed by atoms with Crippen molar-refractivity contribution in [3.8, 4) is 0 Å². The number of piperidine rings is 1. The van der Waals surface area contributed by atoms with Crippen LogP contribution in [-0.2, 0) is 10.0 Å². The molecule has 0 saturated carbocycles. The highest BCUT2D eigenvalue weighted by Gasteiger charge is 2.29. The van der Waals surface area contributed by atoms with Crippen LogP contribution in [0.4, 0.5) is 5.82 Å². The van der Waals surface area contributed by atoms with Crippen LogP contribution in [0.2, 0.25) is 0 Å². The van der Waals surface area contributed by atoms with Crippen LogP contribution in [0.1, 0.15) is 41.6 Å². The number of nitrogens with one attached hydrogen (secondary N) is 1. The molecule has 2 aromatic rings. The molecule has 1 aromatic carbocycles. The number of likely N-dealkylation sites (tertiary alicyclic amines) is 1. The summed E-state index contributed by atoms with van der Waals surface area (Å²) >= 11 is 0. The zero-order valence-corrected chi connectivity index (χ0v) is 18.8.